The van der Waals surface area contributed by atoms with Crippen LogP contribution in [0.15, 0.2) is 24.3 Å². The number of rotatable bonds is 3. The van der Waals surface area contributed by atoms with Gasteiger partial charge in [-0.2, -0.15) is 0 Å². The summed E-state index contributed by atoms with van der Waals surface area (Å²) in [7, 11) is 0. The molecule has 0 saturated heterocycles. The number of nitrogen functional groups attached to an aromatic ring is 1. The van der Waals surface area contributed by atoms with Gasteiger partial charge < -0.3 is 5.73 Å². The average molecular weight is 285 g/mol. The van der Waals surface area contributed by atoms with E-state index in [1.54, 1.807) is 11.3 Å². The molecule has 0 amide bonds. The summed E-state index contributed by atoms with van der Waals surface area (Å²) in [5, 5.41) is 0.688. The summed E-state index contributed by atoms with van der Waals surface area (Å²) >= 11 is 1.59. The lowest BCUT2D eigenvalue weighted by molar-refractivity contribution is 0.103. The molecule has 1 aliphatic carbocycles. The van der Waals surface area contributed by atoms with Gasteiger partial charge in [0.15, 0.2) is 5.78 Å². The van der Waals surface area contributed by atoms with Gasteiger partial charge in [-0.1, -0.05) is 38.1 Å². The molecule has 3 rings (SSSR count). The molecule has 0 aliphatic heterocycles. The van der Waals surface area contributed by atoms with Crippen LogP contribution in [-0.4, -0.2) is 5.78 Å². The second kappa shape index (κ2) is 5.06. The first-order valence-electron chi connectivity index (χ1n) is 7.12. The summed E-state index contributed by atoms with van der Waals surface area (Å²) in [4.78, 5) is 14.0. The molecule has 2 N–H and O–H groups in total. The molecule has 104 valence electrons. The molecule has 1 aliphatic rings. The lowest BCUT2D eigenvalue weighted by Crippen LogP contribution is -2.06. The Hall–Kier alpha value is -1.61. The van der Waals surface area contributed by atoms with Crippen LogP contribution >= 0.6 is 11.3 Å². The van der Waals surface area contributed by atoms with E-state index >= 15 is 0 Å². The Labute approximate surface area is 123 Å². The third-order valence-corrected chi connectivity index (χ3v) is 5.14. The quantitative estimate of drug-likeness (QED) is 0.860. The van der Waals surface area contributed by atoms with Crippen LogP contribution < -0.4 is 5.73 Å². The molecule has 0 saturated carbocycles. The van der Waals surface area contributed by atoms with Crippen LogP contribution in [0.25, 0.3) is 0 Å². The number of hydrogen-bond donors (Lipinski definition) is 1. The summed E-state index contributed by atoms with van der Waals surface area (Å²) in [6, 6.07) is 7.94. The number of hydrogen-bond acceptors (Lipinski definition) is 3. The van der Waals surface area contributed by atoms with Crippen LogP contribution in [-0.2, 0) is 12.8 Å². The molecule has 0 spiro atoms. The number of carbonyl (C=O) groups excluding carboxylic acids is 1. The van der Waals surface area contributed by atoms with Crippen LogP contribution in [0.4, 0.5) is 5.00 Å². The van der Waals surface area contributed by atoms with Gasteiger partial charge in [-0.15, -0.1) is 11.3 Å². The summed E-state index contributed by atoms with van der Waals surface area (Å²) in [6.45, 7) is 4.31. The second-order valence-electron chi connectivity index (χ2n) is 5.70. The molecular formula is C17H19NOS. The van der Waals surface area contributed by atoms with Crippen molar-refractivity contribution in [1.29, 1.82) is 0 Å². The summed E-state index contributed by atoms with van der Waals surface area (Å²) in [6.07, 6.45) is 3.21. The van der Waals surface area contributed by atoms with Crippen molar-refractivity contribution in [2.24, 2.45) is 0 Å². The SMILES string of the molecule is CC(C)c1ccc(C(=O)c2c(N)sc3c2CCC3)cc1. The molecule has 3 heteroatoms. The zero-order valence-corrected chi connectivity index (χ0v) is 12.7. The Morgan fingerprint density at radius 1 is 1.20 bits per heavy atom. The fraction of sp³-hybridized carbons (Fsp3) is 0.353. The number of benzene rings is 1. The Balaban J connectivity index is 1.97. The lowest BCUT2D eigenvalue weighted by Gasteiger charge is -2.07. The highest BCUT2D eigenvalue weighted by atomic mass is 32.1. The van der Waals surface area contributed by atoms with Crippen molar-refractivity contribution >= 4 is 22.1 Å². The maximum absolute atomic E-state index is 12.7. The second-order valence-corrected chi connectivity index (χ2v) is 6.84. The van der Waals surface area contributed by atoms with E-state index in [1.807, 2.05) is 24.3 Å². The van der Waals surface area contributed by atoms with Crippen LogP contribution in [0.5, 0.6) is 0 Å². The van der Waals surface area contributed by atoms with Gasteiger partial charge in [-0.25, -0.2) is 0 Å². The molecule has 0 bridgehead atoms. The van der Waals surface area contributed by atoms with E-state index in [2.05, 4.69) is 13.8 Å². The highest BCUT2D eigenvalue weighted by Crippen LogP contribution is 2.38. The molecule has 1 heterocycles. The largest absolute Gasteiger partial charge is 0.390 e. The zero-order chi connectivity index (χ0) is 14.3. The molecule has 20 heavy (non-hydrogen) atoms. The van der Waals surface area contributed by atoms with Crippen molar-refractivity contribution in [1.82, 2.24) is 0 Å². The van der Waals surface area contributed by atoms with E-state index in [0.29, 0.717) is 10.9 Å². The van der Waals surface area contributed by atoms with Gasteiger partial charge in [0.1, 0.15) is 0 Å². The normalized spacial score (nSPS) is 13.8. The molecular weight excluding hydrogens is 266 g/mol. The lowest BCUT2D eigenvalue weighted by atomic mass is 9.97. The molecule has 0 unspecified atom stereocenters. The Bertz CT molecular complexity index is 652. The number of carbonyl (C=O) groups is 1. The molecule has 1 aromatic carbocycles. The van der Waals surface area contributed by atoms with E-state index < -0.39 is 0 Å². The standard InChI is InChI=1S/C17H19NOS/c1-10(2)11-6-8-12(9-7-11)16(19)15-13-4-3-5-14(13)20-17(15)18/h6-10H,3-5,18H2,1-2H3. The van der Waals surface area contributed by atoms with Crippen LogP contribution in [0.3, 0.4) is 0 Å². The van der Waals surface area contributed by atoms with Crippen molar-refractivity contribution in [3.05, 3.63) is 51.4 Å². The van der Waals surface area contributed by atoms with Gasteiger partial charge in [-0.3, -0.25) is 4.79 Å². The van der Waals surface area contributed by atoms with Crippen LogP contribution in [0, 0.1) is 0 Å². The first-order chi connectivity index (χ1) is 9.58. The van der Waals surface area contributed by atoms with Gasteiger partial charge in [-0.05, 0) is 36.3 Å². The number of thiophene rings is 1. The summed E-state index contributed by atoms with van der Waals surface area (Å²) in [5.41, 5.74) is 10.0. The highest BCUT2D eigenvalue weighted by molar-refractivity contribution is 7.16. The molecule has 0 radical (unpaired) electrons. The predicted molar refractivity (Wildman–Crippen MR) is 84.7 cm³/mol. The predicted octanol–water partition coefficient (Wildman–Crippen LogP) is 4.17. The molecule has 2 nitrogen and oxygen atoms in total. The van der Waals surface area contributed by atoms with Crippen molar-refractivity contribution in [3.8, 4) is 0 Å². The first-order valence-corrected chi connectivity index (χ1v) is 7.94. The number of aryl methyl sites for hydroxylation is 1. The Morgan fingerprint density at radius 2 is 1.90 bits per heavy atom. The van der Waals surface area contributed by atoms with Crippen molar-refractivity contribution in [2.75, 3.05) is 5.73 Å². The fourth-order valence-electron chi connectivity index (χ4n) is 2.84. The topological polar surface area (TPSA) is 43.1 Å². The number of anilines is 1. The third-order valence-electron chi connectivity index (χ3n) is 4.02. The van der Waals surface area contributed by atoms with Crippen LogP contribution in [0.1, 0.15) is 58.1 Å². The minimum Gasteiger partial charge on any atom is -0.390 e. The van der Waals surface area contributed by atoms with Crippen molar-refractivity contribution in [2.45, 2.75) is 39.0 Å². The van der Waals surface area contributed by atoms with E-state index in [-0.39, 0.29) is 5.78 Å². The summed E-state index contributed by atoms with van der Waals surface area (Å²) in [5.74, 6) is 0.562. The van der Waals surface area contributed by atoms with Gasteiger partial charge in [0.25, 0.3) is 0 Å². The Kier molecular flexibility index (Phi) is 3.38. The zero-order valence-electron chi connectivity index (χ0n) is 11.9. The summed E-state index contributed by atoms with van der Waals surface area (Å²) < 4.78 is 0. The third kappa shape index (κ3) is 2.16. The first kappa shape index (κ1) is 13.4. The van der Waals surface area contributed by atoms with Crippen LogP contribution in [0.2, 0.25) is 0 Å². The van der Waals surface area contributed by atoms with E-state index in [0.717, 1.165) is 30.4 Å². The maximum atomic E-state index is 12.7. The van der Waals surface area contributed by atoms with Gasteiger partial charge >= 0.3 is 0 Å². The van der Waals surface area contributed by atoms with Crippen molar-refractivity contribution in [3.63, 3.8) is 0 Å². The minimum absolute atomic E-state index is 0.0807. The smallest absolute Gasteiger partial charge is 0.196 e. The molecule has 1 aromatic heterocycles. The number of fused-ring (bicyclic) bond motifs is 1. The van der Waals surface area contributed by atoms with Crippen molar-refractivity contribution < 1.29 is 4.79 Å². The van der Waals surface area contributed by atoms with E-state index in [4.69, 9.17) is 5.73 Å². The number of ketones is 1. The monoisotopic (exact) mass is 285 g/mol. The van der Waals surface area contributed by atoms with E-state index in [1.165, 1.54) is 16.0 Å². The Morgan fingerprint density at radius 3 is 2.55 bits per heavy atom. The maximum Gasteiger partial charge on any atom is 0.196 e. The number of nitrogens with two attached hydrogens (primary N) is 1. The molecule has 2 aromatic rings. The van der Waals surface area contributed by atoms with Gasteiger partial charge in [0, 0.05) is 10.4 Å². The fourth-order valence-corrected chi connectivity index (χ4v) is 4.00. The highest BCUT2D eigenvalue weighted by Gasteiger charge is 2.25. The average Bonchev–Trinajstić information content (AvgIpc) is 2.98. The molecule has 0 atom stereocenters. The van der Waals surface area contributed by atoms with Gasteiger partial charge in [0.2, 0.25) is 0 Å². The van der Waals surface area contributed by atoms with E-state index in [9.17, 15) is 4.79 Å². The van der Waals surface area contributed by atoms with Gasteiger partial charge in [0.05, 0.1) is 10.6 Å². The minimum atomic E-state index is 0.0807. The molecule has 0 fully saturated rings.